The SMILES string of the molecule is C1CCOC1.CC(O)c1ccccc1. The van der Waals surface area contributed by atoms with Crippen molar-refractivity contribution in [2.45, 2.75) is 25.9 Å². The molecular formula is C12H18O2. The molecule has 1 atom stereocenters. The lowest BCUT2D eigenvalue weighted by Crippen LogP contribution is -1.87. The van der Waals surface area contributed by atoms with Gasteiger partial charge in [0.25, 0.3) is 0 Å². The number of aliphatic hydroxyl groups is 1. The number of hydrogen-bond donors (Lipinski definition) is 1. The zero-order valence-electron chi connectivity index (χ0n) is 8.65. The summed E-state index contributed by atoms with van der Waals surface area (Å²) < 4.78 is 4.94. The molecule has 1 heterocycles. The van der Waals surface area contributed by atoms with E-state index in [0.717, 1.165) is 18.8 Å². The first-order chi connectivity index (χ1) is 6.80. The molecule has 1 unspecified atom stereocenters. The first-order valence-electron chi connectivity index (χ1n) is 5.11. The number of aliphatic hydroxyl groups excluding tert-OH is 1. The monoisotopic (exact) mass is 194 g/mol. The lowest BCUT2D eigenvalue weighted by atomic mass is 10.1. The summed E-state index contributed by atoms with van der Waals surface area (Å²) in [4.78, 5) is 0. The van der Waals surface area contributed by atoms with Crippen LogP contribution in [0.15, 0.2) is 30.3 Å². The zero-order chi connectivity index (χ0) is 10.2. The average Bonchev–Trinajstić information content (AvgIpc) is 2.77. The van der Waals surface area contributed by atoms with E-state index in [1.807, 2.05) is 30.3 Å². The molecule has 1 aromatic rings. The van der Waals surface area contributed by atoms with Gasteiger partial charge in [-0.15, -0.1) is 0 Å². The second-order valence-corrected chi connectivity index (χ2v) is 3.41. The van der Waals surface area contributed by atoms with Crippen molar-refractivity contribution in [2.24, 2.45) is 0 Å². The predicted octanol–water partition coefficient (Wildman–Crippen LogP) is 2.54. The molecule has 2 heteroatoms. The third-order valence-corrected chi connectivity index (χ3v) is 2.11. The maximum atomic E-state index is 9.02. The summed E-state index contributed by atoms with van der Waals surface area (Å²) in [6.45, 7) is 3.76. The fourth-order valence-electron chi connectivity index (χ4n) is 1.24. The Labute approximate surface area is 85.5 Å². The summed E-state index contributed by atoms with van der Waals surface area (Å²) in [5, 5.41) is 9.02. The van der Waals surface area contributed by atoms with Crippen molar-refractivity contribution in [1.29, 1.82) is 0 Å². The first kappa shape index (κ1) is 11.2. The largest absolute Gasteiger partial charge is 0.389 e. The van der Waals surface area contributed by atoms with Crippen molar-refractivity contribution in [3.8, 4) is 0 Å². The molecule has 1 aromatic carbocycles. The van der Waals surface area contributed by atoms with Gasteiger partial charge in [0.2, 0.25) is 0 Å². The molecule has 2 rings (SSSR count). The van der Waals surface area contributed by atoms with Crippen LogP contribution in [-0.2, 0) is 4.74 Å². The van der Waals surface area contributed by atoms with E-state index in [1.54, 1.807) is 6.92 Å². The van der Waals surface area contributed by atoms with Gasteiger partial charge in [0.05, 0.1) is 6.10 Å². The molecule has 0 radical (unpaired) electrons. The molecule has 1 fully saturated rings. The fraction of sp³-hybridized carbons (Fsp3) is 0.500. The van der Waals surface area contributed by atoms with Gasteiger partial charge in [0, 0.05) is 13.2 Å². The third-order valence-electron chi connectivity index (χ3n) is 2.11. The fourth-order valence-corrected chi connectivity index (χ4v) is 1.24. The van der Waals surface area contributed by atoms with Crippen LogP contribution in [0.1, 0.15) is 31.4 Å². The van der Waals surface area contributed by atoms with E-state index in [0.29, 0.717) is 0 Å². The highest BCUT2D eigenvalue weighted by Crippen LogP contribution is 2.09. The molecule has 0 aromatic heterocycles. The van der Waals surface area contributed by atoms with E-state index >= 15 is 0 Å². The van der Waals surface area contributed by atoms with Crippen LogP contribution in [0.25, 0.3) is 0 Å². The van der Waals surface area contributed by atoms with Crippen LogP contribution < -0.4 is 0 Å². The molecule has 1 aliphatic heterocycles. The van der Waals surface area contributed by atoms with E-state index < -0.39 is 0 Å². The van der Waals surface area contributed by atoms with Gasteiger partial charge in [-0.1, -0.05) is 30.3 Å². The smallest absolute Gasteiger partial charge is 0.0761 e. The van der Waals surface area contributed by atoms with Crippen molar-refractivity contribution in [3.63, 3.8) is 0 Å². The molecule has 0 amide bonds. The molecule has 0 aliphatic carbocycles. The molecule has 0 saturated carbocycles. The quantitative estimate of drug-likeness (QED) is 0.744. The van der Waals surface area contributed by atoms with Crippen molar-refractivity contribution in [2.75, 3.05) is 13.2 Å². The molecule has 0 bridgehead atoms. The molecular weight excluding hydrogens is 176 g/mol. The lowest BCUT2D eigenvalue weighted by molar-refractivity contribution is 0.198. The van der Waals surface area contributed by atoms with Crippen LogP contribution in [-0.4, -0.2) is 18.3 Å². The summed E-state index contributed by atoms with van der Waals surface area (Å²) >= 11 is 0. The van der Waals surface area contributed by atoms with Gasteiger partial charge in [-0.05, 0) is 25.3 Å². The van der Waals surface area contributed by atoms with Crippen LogP contribution in [0.5, 0.6) is 0 Å². The first-order valence-corrected chi connectivity index (χ1v) is 5.11. The Morgan fingerprint density at radius 1 is 1.14 bits per heavy atom. The Bertz CT molecular complexity index is 220. The molecule has 1 N–H and O–H groups in total. The third kappa shape index (κ3) is 4.40. The van der Waals surface area contributed by atoms with E-state index in [1.165, 1.54) is 12.8 Å². The van der Waals surface area contributed by atoms with Crippen molar-refractivity contribution in [1.82, 2.24) is 0 Å². The van der Waals surface area contributed by atoms with Gasteiger partial charge < -0.3 is 9.84 Å². The van der Waals surface area contributed by atoms with Crippen molar-refractivity contribution < 1.29 is 9.84 Å². The van der Waals surface area contributed by atoms with Gasteiger partial charge in [-0.25, -0.2) is 0 Å². The summed E-state index contributed by atoms with van der Waals surface area (Å²) in [7, 11) is 0. The summed E-state index contributed by atoms with van der Waals surface area (Å²) in [5.41, 5.74) is 0.970. The normalized spacial score (nSPS) is 17.0. The van der Waals surface area contributed by atoms with Gasteiger partial charge in [0.15, 0.2) is 0 Å². The van der Waals surface area contributed by atoms with Gasteiger partial charge in [-0.3, -0.25) is 0 Å². The number of rotatable bonds is 1. The highest BCUT2D eigenvalue weighted by atomic mass is 16.5. The van der Waals surface area contributed by atoms with E-state index in [4.69, 9.17) is 9.84 Å². The standard InChI is InChI=1S/C8H10O.C4H8O/c1-7(9)8-5-3-2-4-6-8;1-2-4-5-3-1/h2-7,9H,1H3;1-4H2. The van der Waals surface area contributed by atoms with Crippen LogP contribution in [0.4, 0.5) is 0 Å². The van der Waals surface area contributed by atoms with E-state index in [-0.39, 0.29) is 6.10 Å². The molecule has 0 spiro atoms. The summed E-state index contributed by atoms with van der Waals surface area (Å²) in [6, 6.07) is 9.59. The maximum Gasteiger partial charge on any atom is 0.0761 e. The van der Waals surface area contributed by atoms with Gasteiger partial charge in [-0.2, -0.15) is 0 Å². The minimum atomic E-state index is -0.341. The van der Waals surface area contributed by atoms with E-state index in [2.05, 4.69) is 0 Å². The Kier molecular flexibility index (Phi) is 5.27. The number of hydrogen-bond acceptors (Lipinski definition) is 2. The Balaban J connectivity index is 0.000000165. The highest BCUT2D eigenvalue weighted by molar-refractivity contribution is 5.16. The molecule has 1 saturated heterocycles. The Hall–Kier alpha value is -0.860. The Morgan fingerprint density at radius 3 is 2.00 bits per heavy atom. The predicted molar refractivity (Wildman–Crippen MR) is 57.1 cm³/mol. The highest BCUT2D eigenvalue weighted by Gasteiger charge is 1.95. The van der Waals surface area contributed by atoms with Gasteiger partial charge >= 0.3 is 0 Å². The zero-order valence-corrected chi connectivity index (χ0v) is 8.65. The second kappa shape index (κ2) is 6.57. The van der Waals surface area contributed by atoms with E-state index in [9.17, 15) is 0 Å². The summed E-state index contributed by atoms with van der Waals surface area (Å²) in [6.07, 6.45) is 2.21. The van der Waals surface area contributed by atoms with Crippen molar-refractivity contribution >= 4 is 0 Å². The number of ether oxygens (including phenoxy) is 1. The topological polar surface area (TPSA) is 29.5 Å². The molecule has 1 aliphatic rings. The minimum absolute atomic E-state index is 0.341. The summed E-state index contributed by atoms with van der Waals surface area (Å²) in [5.74, 6) is 0. The van der Waals surface area contributed by atoms with Crippen molar-refractivity contribution in [3.05, 3.63) is 35.9 Å². The van der Waals surface area contributed by atoms with Crippen LogP contribution in [0.2, 0.25) is 0 Å². The lowest BCUT2D eigenvalue weighted by Gasteiger charge is -2.00. The maximum absolute atomic E-state index is 9.02. The average molecular weight is 194 g/mol. The van der Waals surface area contributed by atoms with Crippen LogP contribution >= 0.6 is 0 Å². The number of benzene rings is 1. The van der Waals surface area contributed by atoms with Gasteiger partial charge in [0.1, 0.15) is 0 Å². The Morgan fingerprint density at radius 2 is 1.71 bits per heavy atom. The molecule has 78 valence electrons. The second-order valence-electron chi connectivity index (χ2n) is 3.41. The molecule has 2 nitrogen and oxygen atoms in total. The minimum Gasteiger partial charge on any atom is -0.389 e. The van der Waals surface area contributed by atoms with Crippen LogP contribution in [0.3, 0.4) is 0 Å². The molecule has 14 heavy (non-hydrogen) atoms. The van der Waals surface area contributed by atoms with Crippen LogP contribution in [0, 0.1) is 0 Å².